The standard InChI is InChI=1S/C19H30N2O3S/c1-14(2)13-20(5)19(22)17-8-10-21(11-9-17)25(23,24)18-7-6-15(3)12-16(18)4/h6-7,12,14,17H,8-11,13H2,1-5H3. The second-order valence-corrected chi connectivity index (χ2v) is 9.47. The van der Waals surface area contributed by atoms with E-state index in [1.54, 1.807) is 11.0 Å². The van der Waals surface area contributed by atoms with Gasteiger partial charge in [0.25, 0.3) is 0 Å². The van der Waals surface area contributed by atoms with Crippen molar-refractivity contribution in [2.45, 2.75) is 45.4 Å². The van der Waals surface area contributed by atoms with Gasteiger partial charge in [0.15, 0.2) is 0 Å². The van der Waals surface area contributed by atoms with Crippen LogP contribution in [-0.2, 0) is 14.8 Å². The Morgan fingerprint density at radius 3 is 2.36 bits per heavy atom. The predicted octanol–water partition coefficient (Wildman–Crippen LogP) is 2.82. The molecule has 0 aliphatic carbocycles. The highest BCUT2D eigenvalue weighted by atomic mass is 32.2. The Kier molecular flexibility index (Phi) is 6.27. The summed E-state index contributed by atoms with van der Waals surface area (Å²) in [5.41, 5.74) is 1.82. The fourth-order valence-corrected chi connectivity index (χ4v) is 5.20. The molecule has 0 saturated carbocycles. The molecule has 6 heteroatoms. The fraction of sp³-hybridized carbons (Fsp3) is 0.632. The zero-order valence-corrected chi connectivity index (χ0v) is 16.8. The Morgan fingerprint density at radius 1 is 1.24 bits per heavy atom. The van der Waals surface area contributed by atoms with Gasteiger partial charge in [-0.25, -0.2) is 8.42 Å². The lowest BCUT2D eigenvalue weighted by molar-refractivity contribution is -0.135. The predicted molar refractivity (Wildman–Crippen MR) is 99.9 cm³/mol. The minimum absolute atomic E-state index is 0.0747. The van der Waals surface area contributed by atoms with Crippen molar-refractivity contribution in [1.82, 2.24) is 9.21 Å². The number of benzene rings is 1. The van der Waals surface area contributed by atoms with Gasteiger partial charge in [0.1, 0.15) is 0 Å². The summed E-state index contributed by atoms with van der Waals surface area (Å²) >= 11 is 0. The quantitative estimate of drug-likeness (QED) is 0.805. The Morgan fingerprint density at radius 2 is 1.84 bits per heavy atom. The number of piperidine rings is 1. The van der Waals surface area contributed by atoms with Crippen LogP contribution in [0.15, 0.2) is 23.1 Å². The molecule has 5 nitrogen and oxygen atoms in total. The molecule has 0 spiro atoms. The van der Waals surface area contributed by atoms with E-state index >= 15 is 0 Å². The molecule has 25 heavy (non-hydrogen) atoms. The highest BCUT2D eigenvalue weighted by Crippen LogP contribution is 2.27. The molecule has 1 saturated heterocycles. The van der Waals surface area contributed by atoms with Gasteiger partial charge >= 0.3 is 0 Å². The molecule has 0 aromatic heterocycles. The topological polar surface area (TPSA) is 57.7 Å². The van der Waals surface area contributed by atoms with E-state index in [2.05, 4.69) is 13.8 Å². The number of carbonyl (C=O) groups excluding carboxylic acids is 1. The first-order chi connectivity index (χ1) is 11.6. The summed E-state index contributed by atoms with van der Waals surface area (Å²) in [7, 11) is -1.65. The van der Waals surface area contributed by atoms with Crippen molar-refractivity contribution in [2.75, 3.05) is 26.7 Å². The molecule has 1 heterocycles. The molecule has 0 N–H and O–H groups in total. The molecule has 1 amide bonds. The molecule has 0 radical (unpaired) electrons. The summed E-state index contributed by atoms with van der Waals surface area (Å²) in [6.45, 7) is 9.50. The molecule has 1 aromatic carbocycles. The Balaban J connectivity index is 2.05. The van der Waals surface area contributed by atoms with Gasteiger partial charge in [-0.05, 0) is 44.2 Å². The average molecular weight is 367 g/mol. The van der Waals surface area contributed by atoms with Crippen LogP contribution in [-0.4, -0.2) is 50.2 Å². The van der Waals surface area contributed by atoms with Gasteiger partial charge in [0, 0.05) is 32.6 Å². The van der Waals surface area contributed by atoms with E-state index in [1.165, 1.54) is 4.31 Å². The van der Waals surface area contributed by atoms with Crippen LogP contribution in [0.1, 0.15) is 37.8 Å². The number of sulfonamides is 1. The van der Waals surface area contributed by atoms with Crippen LogP contribution < -0.4 is 0 Å². The molecule has 0 atom stereocenters. The van der Waals surface area contributed by atoms with E-state index in [-0.39, 0.29) is 11.8 Å². The number of carbonyl (C=O) groups is 1. The van der Waals surface area contributed by atoms with Gasteiger partial charge in [-0.15, -0.1) is 0 Å². The molecule has 1 aromatic rings. The van der Waals surface area contributed by atoms with Crippen LogP contribution in [0.3, 0.4) is 0 Å². The van der Waals surface area contributed by atoms with Crippen LogP contribution in [0, 0.1) is 25.7 Å². The van der Waals surface area contributed by atoms with Crippen molar-refractivity contribution < 1.29 is 13.2 Å². The van der Waals surface area contributed by atoms with Crippen LogP contribution in [0.2, 0.25) is 0 Å². The number of nitrogens with zero attached hydrogens (tertiary/aromatic N) is 2. The zero-order valence-electron chi connectivity index (χ0n) is 15.9. The number of hydrogen-bond acceptors (Lipinski definition) is 3. The lowest BCUT2D eigenvalue weighted by Crippen LogP contribution is -2.44. The molecule has 1 aliphatic heterocycles. The summed E-state index contributed by atoms with van der Waals surface area (Å²) < 4.78 is 27.3. The zero-order chi connectivity index (χ0) is 18.8. The fourth-order valence-electron chi connectivity index (χ4n) is 3.52. The minimum atomic E-state index is -3.49. The molecule has 0 unspecified atom stereocenters. The normalized spacial score (nSPS) is 17.0. The third-order valence-corrected chi connectivity index (χ3v) is 6.83. The van der Waals surface area contributed by atoms with E-state index in [0.29, 0.717) is 36.7 Å². The summed E-state index contributed by atoms with van der Waals surface area (Å²) in [5, 5.41) is 0. The molecule has 2 rings (SSSR count). The highest BCUT2D eigenvalue weighted by molar-refractivity contribution is 7.89. The van der Waals surface area contributed by atoms with Crippen molar-refractivity contribution in [1.29, 1.82) is 0 Å². The maximum absolute atomic E-state index is 12.9. The van der Waals surface area contributed by atoms with Crippen LogP contribution in [0.25, 0.3) is 0 Å². The van der Waals surface area contributed by atoms with E-state index in [9.17, 15) is 13.2 Å². The maximum Gasteiger partial charge on any atom is 0.243 e. The minimum Gasteiger partial charge on any atom is -0.345 e. The lowest BCUT2D eigenvalue weighted by atomic mass is 9.96. The molecule has 0 bridgehead atoms. The van der Waals surface area contributed by atoms with E-state index in [1.807, 2.05) is 33.0 Å². The monoisotopic (exact) mass is 366 g/mol. The number of hydrogen-bond donors (Lipinski definition) is 0. The first-order valence-electron chi connectivity index (χ1n) is 8.95. The smallest absolute Gasteiger partial charge is 0.243 e. The van der Waals surface area contributed by atoms with Gasteiger partial charge < -0.3 is 4.90 Å². The van der Waals surface area contributed by atoms with Crippen LogP contribution in [0.4, 0.5) is 0 Å². The van der Waals surface area contributed by atoms with E-state index < -0.39 is 10.0 Å². The maximum atomic E-state index is 12.9. The Bertz CT molecular complexity index is 720. The molecule has 140 valence electrons. The average Bonchev–Trinajstić information content (AvgIpc) is 2.53. The molecular formula is C19H30N2O3S. The van der Waals surface area contributed by atoms with Gasteiger partial charge in [0.2, 0.25) is 15.9 Å². The third-order valence-electron chi connectivity index (χ3n) is 4.77. The van der Waals surface area contributed by atoms with E-state index in [4.69, 9.17) is 0 Å². The van der Waals surface area contributed by atoms with Crippen molar-refractivity contribution in [3.63, 3.8) is 0 Å². The highest BCUT2D eigenvalue weighted by Gasteiger charge is 2.33. The van der Waals surface area contributed by atoms with Crippen molar-refractivity contribution in [2.24, 2.45) is 11.8 Å². The summed E-state index contributed by atoms with van der Waals surface area (Å²) in [4.78, 5) is 14.7. The molecular weight excluding hydrogens is 336 g/mol. The van der Waals surface area contributed by atoms with Gasteiger partial charge in [-0.2, -0.15) is 4.31 Å². The van der Waals surface area contributed by atoms with Gasteiger partial charge in [0.05, 0.1) is 4.90 Å². The Labute approximate surface area is 152 Å². The first-order valence-corrected chi connectivity index (χ1v) is 10.4. The lowest BCUT2D eigenvalue weighted by Gasteiger charge is -2.33. The number of aryl methyl sites for hydroxylation is 2. The third kappa shape index (κ3) is 4.61. The molecule has 1 aliphatic rings. The SMILES string of the molecule is Cc1ccc(S(=O)(=O)N2CCC(C(=O)N(C)CC(C)C)CC2)c(C)c1. The summed E-state index contributed by atoms with van der Waals surface area (Å²) in [6.07, 6.45) is 1.18. The van der Waals surface area contributed by atoms with Gasteiger partial charge in [-0.3, -0.25) is 4.79 Å². The van der Waals surface area contributed by atoms with Crippen molar-refractivity contribution >= 4 is 15.9 Å². The van der Waals surface area contributed by atoms with Crippen LogP contribution in [0.5, 0.6) is 0 Å². The van der Waals surface area contributed by atoms with Crippen molar-refractivity contribution in [3.05, 3.63) is 29.3 Å². The first kappa shape index (κ1) is 19.9. The van der Waals surface area contributed by atoms with Crippen LogP contribution >= 0.6 is 0 Å². The number of amides is 1. The van der Waals surface area contributed by atoms with Crippen molar-refractivity contribution in [3.8, 4) is 0 Å². The Hall–Kier alpha value is -1.40. The molecule has 1 fully saturated rings. The summed E-state index contributed by atoms with van der Waals surface area (Å²) in [5.74, 6) is 0.491. The van der Waals surface area contributed by atoms with E-state index in [0.717, 1.165) is 17.7 Å². The van der Waals surface area contributed by atoms with Gasteiger partial charge in [-0.1, -0.05) is 31.5 Å². The largest absolute Gasteiger partial charge is 0.345 e. The second kappa shape index (κ2) is 7.87. The summed E-state index contributed by atoms with van der Waals surface area (Å²) in [6, 6.07) is 5.41. The number of rotatable bonds is 5. The second-order valence-electron chi connectivity index (χ2n) is 7.56.